The minimum absolute atomic E-state index is 1.05. The van der Waals surface area contributed by atoms with Crippen molar-refractivity contribution < 1.29 is 0 Å². The van der Waals surface area contributed by atoms with Crippen LogP contribution in [0.2, 0.25) is 0 Å². The highest BCUT2D eigenvalue weighted by molar-refractivity contribution is 5.63. The average molecular weight is 249 g/mol. The first-order valence-electron chi connectivity index (χ1n) is 6.93. The van der Waals surface area contributed by atoms with Crippen LogP contribution in [0.4, 0.5) is 0 Å². The smallest absolute Gasteiger partial charge is 0.0237 e. The van der Waals surface area contributed by atoms with E-state index >= 15 is 0 Å². The third-order valence-electron chi connectivity index (χ3n) is 3.58. The van der Waals surface area contributed by atoms with Crippen LogP contribution in [0.25, 0.3) is 11.1 Å². The van der Waals surface area contributed by atoms with Crippen LogP contribution >= 0.6 is 0 Å². The Morgan fingerprint density at radius 3 is 2.47 bits per heavy atom. The Hall–Kier alpha value is -1.86. The topological polar surface area (TPSA) is 3.24 Å². The Morgan fingerprint density at radius 1 is 0.842 bits per heavy atom. The van der Waals surface area contributed by atoms with Crippen LogP contribution in [0, 0.1) is 0 Å². The van der Waals surface area contributed by atoms with Gasteiger partial charge in [0, 0.05) is 19.6 Å². The summed E-state index contributed by atoms with van der Waals surface area (Å²) in [6.07, 6.45) is 5.72. The molecule has 2 aromatic rings. The summed E-state index contributed by atoms with van der Waals surface area (Å²) in [4.78, 5) is 2.49. The van der Waals surface area contributed by atoms with Crippen LogP contribution < -0.4 is 0 Å². The summed E-state index contributed by atoms with van der Waals surface area (Å²) < 4.78 is 0. The highest BCUT2D eigenvalue weighted by Crippen LogP contribution is 2.21. The van der Waals surface area contributed by atoms with Crippen LogP contribution in [-0.2, 0) is 6.54 Å². The standard InChI is InChI=1S/C18H19N/c1-3-9-17(10-4-1)18-11-7-8-16(14-18)15-19-12-5-2-6-13-19/h1-5,7-11,14H,6,12-13,15H2. The van der Waals surface area contributed by atoms with Gasteiger partial charge in [-0.25, -0.2) is 0 Å². The minimum Gasteiger partial charge on any atom is -0.295 e. The van der Waals surface area contributed by atoms with Crippen LogP contribution in [0.15, 0.2) is 66.7 Å². The zero-order chi connectivity index (χ0) is 12.9. The van der Waals surface area contributed by atoms with Gasteiger partial charge in [0.25, 0.3) is 0 Å². The molecular weight excluding hydrogens is 230 g/mol. The van der Waals surface area contributed by atoms with E-state index in [1.165, 1.54) is 29.7 Å². The van der Waals surface area contributed by atoms with Gasteiger partial charge in [-0.2, -0.15) is 0 Å². The predicted octanol–water partition coefficient (Wildman–Crippen LogP) is 4.12. The van der Waals surface area contributed by atoms with Gasteiger partial charge in [-0.15, -0.1) is 0 Å². The Labute approximate surface area is 115 Å². The van der Waals surface area contributed by atoms with E-state index in [1.807, 2.05) is 0 Å². The molecule has 0 N–H and O–H groups in total. The number of benzene rings is 2. The van der Waals surface area contributed by atoms with Gasteiger partial charge in [0.1, 0.15) is 0 Å². The van der Waals surface area contributed by atoms with Crippen LogP contribution in [0.5, 0.6) is 0 Å². The SMILES string of the molecule is C1=CCN(Cc2cccc(-c3ccccc3)c2)CC1. The third kappa shape index (κ3) is 3.12. The van der Waals surface area contributed by atoms with E-state index in [0.717, 1.165) is 13.1 Å². The van der Waals surface area contributed by atoms with Crippen molar-refractivity contribution in [1.82, 2.24) is 4.90 Å². The van der Waals surface area contributed by atoms with Crippen molar-refractivity contribution in [1.29, 1.82) is 0 Å². The Morgan fingerprint density at radius 2 is 1.68 bits per heavy atom. The minimum atomic E-state index is 1.05. The molecule has 1 aliphatic rings. The molecule has 0 spiro atoms. The first-order chi connectivity index (χ1) is 9.42. The molecule has 3 rings (SSSR count). The van der Waals surface area contributed by atoms with E-state index in [1.54, 1.807) is 0 Å². The maximum atomic E-state index is 2.49. The van der Waals surface area contributed by atoms with Crippen molar-refractivity contribution in [2.75, 3.05) is 13.1 Å². The molecule has 1 heterocycles. The normalized spacial score (nSPS) is 15.6. The monoisotopic (exact) mass is 249 g/mol. The summed E-state index contributed by atoms with van der Waals surface area (Å²) in [5, 5.41) is 0. The van der Waals surface area contributed by atoms with E-state index in [2.05, 4.69) is 71.6 Å². The summed E-state index contributed by atoms with van der Waals surface area (Å²) in [5.41, 5.74) is 4.00. The highest BCUT2D eigenvalue weighted by atomic mass is 15.1. The molecule has 96 valence electrons. The van der Waals surface area contributed by atoms with Crippen molar-refractivity contribution in [3.05, 3.63) is 72.3 Å². The lowest BCUT2D eigenvalue weighted by Gasteiger charge is -2.23. The molecule has 19 heavy (non-hydrogen) atoms. The second kappa shape index (κ2) is 5.85. The zero-order valence-electron chi connectivity index (χ0n) is 11.1. The molecular formula is C18H19N. The Balaban J connectivity index is 1.78. The summed E-state index contributed by atoms with van der Waals surface area (Å²) in [6, 6.07) is 19.5. The quantitative estimate of drug-likeness (QED) is 0.740. The van der Waals surface area contributed by atoms with Gasteiger partial charge in [-0.05, 0) is 29.2 Å². The van der Waals surface area contributed by atoms with Crippen molar-refractivity contribution in [3.63, 3.8) is 0 Å². The molecule has 1 aliphatic heterocycles. The van der Waals surface area contributed by atoms with E-state index in [-0.39, 0.29) is 0 Å². The summed E-state index contributed by atoms with van der Waals surface area (Å²) >= 11 is 0. The molecule has 1 heteroatoms. The van der Waals surface area contributed by atoms with Gasteiger partial charge in [-0.3, -0.25) is 4.90 Å². The second-order valence-electron chi connectivity index (χ2n) is 5.06. The number of hydrogen-bond donors (Lipinski definition) is 0. The fourth-order valence-electron chi connectivity index (χ4n) is 2.57. The first kappa shape index (κ1) is 12.2. The van der Waals surface area contributed by atoms with Gasteiger partial charge in [0.15, 0.2) is 0 Å². The van der Waals surface area contributed by atoms with Gasteiger partial charge in [-0.1, -0.05) is 60.7 Å². The Bertz CT molecular complexity index is 557. The van der Waals surface area contributed by atoms with Crippen molar-refractivity contribution in [2.24, 2.45) is 0 Å². The fourth-order valence-corrected chi connectivity index (χ4v) is 2.57. The fraction of sp³-hybridized carbons (Fsp3) is 0.222. The van der Waals surface area contributed by atoms with Crippen molar-refractivity contribution >= 4 is 0 Å². The molecule has 0 amide bonds. The van der Waals surface area contributed by atoms with E-state index in [4.69, 9.17) is 0 Å². The van der Waals surface area contributed by atoms with Crippen molar-refractivity contribution in [2.45, 2.75) is 13.0 Å². The van der Waals surface area contributed by atoms with E-state index in [9.17, 15) is 0 Å². The Kier molecular flexibility index (Phi) is 3.75. The molecule has 0 aromatic heterocycles. The van der Waals surface area contributed by atoms with Crippen molar-refractivity contribution in [3.8, 4) is 11.1 Å². The van der Waals surface area contributed by atoms with Gasteiger partial charge in [0.05, 0.1) is 0 Å². The van der Waals surface area contributed by atoms with Gasteiger partial charge < -0.3 is 0 Å². The summed E-state index contributed by atoms with van der Waals surface area (Å²) in [5.74, 6) is 0. The molecule has 0 atom stereocenters. The van der Waals surface area contributed by atoms with Gasteiger partial charge >= 0.3 is 0 Å². The van der Waals surface area contributed by atoms with Crippen LogP contribution in [-0.4, -0.2) is 18.0 Å². The largest absolute Gasteiger partial charge is 0.295 e. The molecule has 0 aliphatic carbocycles. The predicted molar refractivity (Wildman–Crippen MR) is 80.9 cm³/mol. The third-order valence-corrected chi connectivity index (χ3v) is 3.58. The lowest BCUT2D eigenvalue weighted by molar-refractivity contribution is 0.291. The highest BCUT2D eigenvalue weighted by Gasteiger charge is 2.07. The van der Waals surface area contributed by atoms with E-state index in [0.29, 0.717) is 0 Å². The maximum Gasteiger partial charge on any atom is 0.0237 e. The molecule has 0 radical (unpaired) electrons. The number of rotatable bonds is 3. The molecule has 0 saturated heterocycles. The lowest BCUT2D eigenvalue weighted by Crippen LogP contribution is -2.26. The molecule has 0 unspecified atom stereocenters. The number of nitrogens with zero attached hydrogens (tertiary/aromatic N) is 1. The maximum absolute atomic E-state index is 2.49. The number of hydrogen-bond acceptors (Lipinski definition) is 1. The summed E-state index contributed by atoms with van der Waals surface area (Å²) in [7, 11) is 0. The molecule has 0 fully saturated rings. The first-order valence-corrected chi connectivity index (χ1v) is 6.93. The van der Waals surface area contributed by atoms with E-state index < -0.39 is 0 Å². The van der Waals surface area contributed by atoms with Gasteiger partial charge in [0.2, 0.25) is 0 Å². The molecule has 0 saturated carbocycles. The lowest BCUT2D eigenvalue weighted by atomic mass is 10.0. The second-order valence-corrected chi connectivity index (χ2v) is 5.06. The average Bonchev–Trinajstić information content (AvgIpc) is 2.49. The summed E-state index contributed by atoms with van der Waals surface area (Å²) in [6.45, 7) is 3.30. The molecule has 0 bridgehead atoms. The van der Waals surface area contributed by atoms with Crippen LogP contribution in [0.1, 0.15) is 12.0 Å². The zero-order valence-corrected chi connectivity index (χ0v) is 11.1. The molecule has 2 aromatic carbocycles. The molecule has 1 nitrogen and oxygen atoms in total. The van der Waals surface area contributed by atoms with Crippen LogP contribution in [0.3, 0.4) is 0 Å².